The Hall–Kier alpha value is -2.98. The maximum absolute atomic E-state index is 13.5. The minimum atomic E-state index is -1.04. The number of piperidine rings is 2. The van der Waals surface area contributed by atoms with Gasteiger partial charge in [-0.05, 0) is 89.2 Å². The van der Waals surface area contributed by atoms with Crippen molar-refractivity contribution in [1.82, 2.24) is 20.7 Å². The Labute approximate surface area is 218 Å². The zero-order chi connectivity index (χ0) is 26.8. The van der Waals surface area contributed by atoms with Crippen molar-refractivity contribution >= 4 is 23.7 Å². The second kappa shape index (κ2) is 14.1. The number of benzene rings is 1. The molecule has 0 saturated carbocycles. The highest BCUT2D eigenvalue weighted by Crippen LogP contribution is 2.23. The van der Waals surface area contributed by atoms with Crippen molar-refractivity contribution in [2.45, 2.75) is 64.9 Å². The summed E-state index contributed by atoms with van der Waals surface area (Å²) in [7, 11) is 0. The van der Waals surface area contributed by atoms with Gasteiger partial charge in [0.1, 0.15) is 5.75 Å². The molecule has 0 bridgehead atoms. The van der Waals surface area contributed by atoms with E-state index in [0.717, 1.165) is 37.4 Å². The van der Waals surface area contributed by atoms with Gasteiger partial charge >= 0.3 is 5.97 Å². The van der Waals surface area contributed by atoms with Crippen molar-refractivity contribution in [3.05, 3.63) is 29.8 Å². The lowest BCUT2D eigenvalue weighted by molar-refractivity contribution is -0.142. The number of carbonyl (C=O) groups is 4. The van der Waals surface area contributed by atoms with E-state index < -0.39 is 23.7 Å². The summed E-state index contributed by atoms with van der Waals surface area (Å²) in [4.78, 5) is 52.5. The van der Waals surface area contributed by atoms with E-state index in [1.165, 1.54) is 0 Å². The molecule has 1 aromatic rings. The van der Waals surface area contributed by atoms with Crippen LogP contribution in [0.4, 0.5) is 0 Å². The van der Waals surface area contributed by atoms with E-state index in [-0.39, 0.29) is 37.1 Å². The van der Waals surface area contributed by atoms with E-state index >= 15 is 0 Å². The number of carboxylic acid groups (broad SMARTS) is 1. The third-order valence-corrected chi connectivity index (χ3v) is 6.85. The maximum atomic E-state index is 13.5. The third-order valence-electron chi connectivity index (χ3n) is 6.85. The number of likely N-dealkylation sites (tertiary alicyclic amines) is 1. The third kappa shape index (κ3) is 8.82. The number of imide groups is 1. The Morgan fingerprint density at radius 3 is 2.46 bits per heavy atom. The summed E-state index contributed by atoms with van der Waals surface area (Å²) in [6, 6.07) is 6.49. The summed E-state index contributed by atoms with van der Waals surface area (Å²) in [6.07, 6.45) is 4.45. The molecule has 1 aromatic carbocycles. The highest BCUT2D eigenvalue weighted by molar-refractivity contribution is 6.05. The quantitative estimate of drug-likeness (QED) is 0.302. The van der Waals surface area contributed by atoms with Crippen molar-refractivity contribution in [3.63, 3.8) is 0 Å². The number of carbonyl (C=O) groups excluding carboxylic acids is 3. The van der Waals surface area contributed by atoms with Gasteiger partial charge in [0.05, 0.1) is 18.4 Å². The van der Waals surface area contributed by atoms with Crippen LogP contribution in [0.5, 0.6) is 5.75 Å². The number of nitrogens with one attached hydrogen (secondary N) is 2. The molecule has 0 unspecified atom stereocenters. The van der Waals surface area contributed by atoms with Crippen LogP contribution in [0.25, 0.3) is 0 Å². The SMILES string of the molecule is CC(C)Oc1ccc(C(=O)N(NCCC(=O)O)C(=O)[C@@H]2CCCN(C(=O)CCC3CCNCC3)C2)cc1. The fourth-order valence-electron chi connectivity index (χ4n) is 4.85. The van der Waals surface area contributed by atoms with E-state index in [1.54, 1.807) is 29.2 Å². The lowest BCUT2D eigenvalue weighted by atomic mass is 9.92. The molecule has 10 nitrogen and oxygen atoms in total. The van der Waals surface area contributed by atoms with Crippen molar-refractivity contribution in [2.24, 2.45) is 11.8 Å². The van der Waals surface area contributed by atoms with Crippen LogP contribution >= 0.6 is 0 Å². The predicted molar refractivity (Wildman–Crippen MR) is 138 cm³/mol. The predicted octanol–water partition coefficient (Wildman–Crippen LogP) is 2.44. The molecular formula is C27H40N4O6. The summed E-state index contributed by atoms with van der Waals surface area (Å²) in [5, 5.41) is 13.3. The van der Waals surface area contributed by atoms with Gasteiger partial charge in [0.2, 0.25) is 11.8 Å². The van der Waals surface area contributed by atoms with Gasteiger partial charge in [-0.25, -0.2) is 10.4 Å². The first-order valence-electron chi connectivity index (χ1n) is 13.3. The molecule has 2 aliphatic rings. The fourth-order valence-corrected chi connectivity index (χ4v) is 4.85. The van der Waals surface area contributed by atoms with Crippen LogP contribution in [0.15, 0.2) is 24.3 Å². The summed E-state index contributed by atoms with van der Waals surface area (Å²) >= 11 is 0. The smallest absolute Gasteiger partial charge is 0.304 e. The monoisotopic (exact) mass is 516 g/mol. The summed E-state index contributed by atoms with van der Waals surface area (Å²) in [5.41, 5.74) is 2.99. The molecular weight excluding hydrogens is 476 g/mol. The van der Waals surface area contributed by atoms with Gasteiger partial charge in [-0.15, -0.1) is 0 Å². The second-order valence-corrected chi connectivity index (χ2v) is 10.1. The summed E-state index contributed by atoms with van der Waals surface area (Å²) < 4.78 is 5.62. The second-order valence-electron chi connectivity index (χ2n) is 10.1. The van der Waals surface area contributed by atoms with Crippen LogP contribution in [0, 0.1) is 11.8 Å². The number of nitrogens with zero attached hydrogens (tertiary/aromatic N) is 2. The molecule has 1 atom stereocenters. The highest BCUT2D eigenvalue weighted by Gasteiger charge is 2.34. The number of hydrogen-bond acceptors (Lipinski definition) is 7. The summed E-state index contributed by atoms with van der Waals surface area (Å²) in [6.45, 7) is 6.57. The Balaban J connectivity index is 1.65. The number of rotatable bonds is 11. The molecule has 3 rings (SSSR count). The zero-order valence-corrected chi connectivity index (χ0v) is 21.9. The van der Waals surface area contributed by atoms with Gasteiger partial charge in [-0.2, -0.15) is 0 Å². The molecule has 0 aliphatic carbocycles. The molecule has 0 radical (unpaired) electrons. The molecule has 2 saturated heterocycles. The zero-order valence-electron chi connectivity index (χ0n) is 21.9. The number of aliphatic carboxylic acids is 1. The maximum Gasteiger partial charge on any atom is 0.304 e. The van der Waals surface area contributed by atoms with Crippen molar-refractivity contribution in [1.29, 1.82) is 0 Å². The number of hydrazine groups is 1. The number of carboxylic acids is 1. The van der Waals surface area contributed by atoms with Crippen LogP contribution < -0.4 is 15.5 Å². The van der Waals surface area contributed by atoms with Crippen LogP contribution in [0.3, 0.4) is 0 Å². The first-order valence-corrected chi connectivity index (χ1v) is 13.3. The van der Waals surface area contributed by atoms with Crippen LogP contribution in [-0.2, 0) is 14.4 Å². The Kier molecular flexibility index (Phi) is 10.9. The molecule has 2 heterocycles. The standard InChI is InChI=1S/C27H40N4O6/c1-19(2)37-23-8-6-21(7-9-23)26(35)31(29-16-13-25(33)34)27(36)22-4-3-17-30(18-22)24(32)10-5-20-11-14-28-15-12-20/h6-9,19-20,22,28-29H,3-5,10-18H2,1-2H3,(H,33,34)/t22-/m1/s1. The molecule has 0 aromatic heterocycles. The van der Waals surface area contributed by atoms with Crippen LogP contribution in [-0.4, -0.2) is 77.5 Å². The first kappa shape index (κ1) is 28.6. The topological polar surface area (TPSA) is 128 Å². The Morgan fingerprint density at radius 1 is 1.11 bits per heavy atom. The van der Waals surface area contributed by atoms with Crippen LogP contribution in [0.2, 0.25) is 0 Å². The van der Waals surface area contributed by atoms with Gasteiger partial charge in [0, 0.05) is 31.6 Å². The molecule has 3 amide bonds. The molecule has 2 fully saturated rings. The van der Waals surface area contributed by atoms with E-state index in [2.05, 4.69) is 10.7 Å². The van der Waals surface area contributed by atoms with Gasteiger partial charge in [-0.1, -0.05) is 0 Å². The fraction of sp³-hybridized carbons (Fsp3) is 0.630. The van der Waals surface area contributed by atoms with Gasteiger partial charge in [0.15, 0.2) is 0 Å². The average molecular weight is 517 g/mol. The number of ether oxygens (including phenoxy) is 1. The lowest BCUT2D eigenvalue weighted by Crippen LogP contribution is -2.53. The molecule has 2 aliphatic heterocycles. The number of amides is 3. The first-order chi connectivity index (χ1) is 17.7. The Morgan fingerprint density at radius 2 is 1.81 bits per heavy atom. The number of hydrogen-bond donors (Lipinski definition) is 3. The van der Waals surface area contributed by atoms with Gasteiger partial charge in [0.25, 0.3) is 5.91 Å². The van der Waals surface area contributed by atoms with Crippen molar-refractivity contribution < 1.29 is 29.0 Å². The van der Waals surface area contributed by atoms with E-state index in [4.69, 9.17) is 9.84 Å². The minimum Gasteiger partial charge on any atom is -0.491 e. The van der Waals surface area contributed by atoms with E-state index in [9.17, 15) is 19.2 Å². The molecule has 10 heteroatoms. The minimum absolute atomic E-state index is 0.0195. The van der Waals surface area contributed by atoms with Crippen LogP contribution in [0.1, 0.15) is 69.2 Å². The Bertz CT molecular complexity index is 929. The van der Waals surface area contributed by atoms with Crippen molar-refractivity contribution in [2.75, 3.05) is 32.7 Å². The van der Waals surface area contributed by atoms with Crippen molar-refractivity contribution in [3.8, 4) is 5.75 Å². The summed E-state index contributed by atoms with van der Waals surface area (Å²) in [5.74, 6) is -1.39. The normalized spacial score (nSPS) is 18.5. The van der Waals surface area contributed by atoms with E-state index in [1.807, 2.05) is 13.8 Å². The highest BCUT2D eigenvalue weighted by atomic mass is 16.5. The molecule has 0 spiro atoms. The van der Waals surface area contributed by atoms with E-state index in [0.29, 0.717) is 37.5 Å². The van der Waals surface area contributed by atoms with Gasteiger partial charge < -0.3 is 20.1 Å². The molecule has 37 heavy (non-hydrogen) atoms. The molecule has 3 N–H and O–H groups in total. The average Bonchev–Trinajstić information content (AvgIpc) is 2.89. The lowest BCUT2D eigenvalue weighted by Gasteiger charge is -2.35. The molecule has 204 valence electrons. The van der Waals surface area contributed by atoms with Gasteiger partial charge in [-0.3, -0.25) is 19.2 Å². The largest absolute Gasteiger partial charge is 0.491 e.